The first-order valence-electron chi connectivity index (χ1n) is 10.4. The van der Waals surface area contributed by atoms with Crippen LogP contribution in [0.2, 0.25) is 0 Å². The van der Waals surface area contributed by atoms with Crippen LogP contribution in [0.1, 0.15) is 30.9 Å². The summed E-state index contributed by atoms with van der Waals surface area (Å²) in [6, 6.07) is 25.4. The highest BCUT2D eigenvalue weighted by atomic mass is 32.2. The molecule has 6 heteroatoms. The van der Waals surface area contributed by atoms with Crippen molar-refractivity contribution in [1.82, 2.24) is 5.32 Å². The standard InChI is InChI=1S/C25H28N2O3S/c1-3-21-12-10-11-17-24(21)27(31(29,30)23-15-8-5-9-16-23)19-25(28)26-18-20(2)22-13-6-4-7-14-22/h4-17,20H,3,18-19H2,1-2H3,(H,26,28). The molecule has 0 saturated heterocycles. The largest absolute Gasteiger partial charge is 0.354 e. The van der Waals surface area contributed by atoms with E-state index < -0.39 is 10.0 Å². The predicted octanol–water partition coefficient (Wildman–Crippen LogP) is 4.36. The normalized spacial score (nSPS) is 12.2. The van der Waals surface area contributed by atoms with E-state index in [4.69, 9.17) is 0 Å². The molecule has 0 aromatic heterocycles. The molecule has 31 heavy (non-hydrogen) atoms. The van der Waals surface area contributed by atoms with E-state index in [9.17, 15) is 13.2 Å². The van der Waals surface area contributed by atoms with Gasteiger partial charge in [-0.2, -0.15) is 0 Å². The number of hydrogen-bond donors (Lipinski definition) is 1. The number of carbonyl (C=O) groups is 1. The number of benzene rings is 3. The number of aryl methyl sites for hydroxylation is 1. The molecular formula is C25H28N2O3S. The fourth-order valence-electron chi connectivity index (χ4n) is 3.43. The molecule has 0 bridgehead atoms. The summed E-state index contributed by atoms with van der Waals surface area (Å²) < 4.78 is 28.1. The van der Waals surface area contributed by atoms with Crippen molar-refractivity contribution in [2.24, 2.45) is 0 Å². The van der Waals surface area contributed by atoms with Crippen molar-refractivity contribution in [2.45, 2.75) is 31.1 Å². The smallest absolute Gasteiger partial charge is 0.264 e. The number of sulfonamides is 1. The van der Waals surface area contributed by atoms with Gasteiger partial charge in [-0.05, 0) is 41.7 Å². The first kappa shape index (κ1) is 22.6. The SMILES string of the molecule is CCc1ccccc1N(CC(=O)NCC(C)c1ccccc1)S(=O)(=O)c1ccccc1. The van der Waals surface area contributed by atoms with Gasteiger partial charge in [0.15, 0.2) is 0 Å². The van der Waals surface area contributed by atoms with Crippen LogP contribution in [-0.2, 0) is 21.2 Å². The first-order chi connectivity index (χ1) is 14.9. The van der Waals surface area contributed by atoms with E-state index in [1.807, 2.05) is 56.3 Å². The van der Waals surface area contributed by atoms with Crippen LogP contribution < -0.4 is 9.62 Å². The minimum atomic E-state index is -3.90. The van der Waals surface area contributed by atoms with Crippen molar-refractivity contribution in [1.29, 1.82) is 0 Å². The Hall–Kier alpha value is -3.12. The molecule has 1 unspecified atom stereocenters. The van der Waals surface area contributed by atoms with Crippen LogP contribution in [0.4, 0.5) is 5.69 Å². The summed E-state index contributed by atoms with van der Waals surface area (Å²) in [5.74, 6) is -0.222. The molecule has 5 nitrogen and oxygen atoms in total. The van der Waals surface area contributed by atoms with Gasteiger partial charge in [0.1, 0.15) is 6.54 Å². The number of amides is 1. The molecule has 1 N–H and O–H groups in total. The lowest BCUT2D eigenvalue weighted by Gasteiger charge is -2.26. The summed E-state index contributed by atoms with van der Waals surface area (Å²) in [5.41, 5.74) is 2.51. The van der Waals surface area contributed by atoms with Crippen LogP contribution >= 0.6 is 0 Å². The molecule has 0 aliphatic rings. The lowest BCUT2D eigenvalue weighted by atomic mass is 10.0. The van der Waals surface area contributed by atoms with Gasteiger partial charge in [-0.1, -0.05) is 80.6 Å². The summed E-state index contributed by atoms with van der Waals surface area (Å²) in [4.78, 5) is 13.0. The highest BCUT2D eigenvalue weighted by Crippen LogP contribution is 2.27. The summed E-state index contributed by atoms with van der Waals surface area (Å²) in [5, 5.41) is 2.90. The van der Waals surface area contributed by atoms with Crippen molar-refractivity contribution in [3.05, 3.63) is 96.1 Å². The lowest BCUT2D eigenvalue weighted by molar-refractivity contribution is -0.119. The highest BCUT2D eigenvalue weighted by molar-refractivity contribution is 7.92. The molecule has 0 aliphatic carbocycles. The van der Waals surface area contributed by atoms with Crippen LogP contribution in [0.25, 0.3) is 0 Å². The molecule has 3 aromatic rings. The Morgan fingerprint density at radius 1 is 0.903 bits per heavy atom. The zero-order valence-electron chi connectivity index (χ0n) is 17.9. The van der Waals surface area contributed by atoms with Gasteiger partial charge in [-0.15, -0.1) is 0 Å². The molecular weight excluding hydrogens is 408 g/mol. The topological polar surface area (TPSA) is 66.5 Å². The minimum Gasteiger partial charge on any atom is -0.354 e. The third-order valence-electron chi connectivity index (χ3n) is 5.23. The van der Waals surface area contributed by atoms with Crippen LogP contribution in [0.3, 0.4) is 0 Å². The maximum atomic E-state index is 13.4. The number of para-hydroxylation sites is 1. The number of nitrogens with one attached hydrogen (secondary N) is 1. The van der Waals surface area contributed by atoms with Gasteiger partial charge in [0, 0.05) is 6.54 Å². The number of nitrogens with zero attached hydrogens (tertiary/aromatic N) is 1. The minimum absolute atomic E-state index is 0.118. The van der Waals surface area contributed by atoms with Gasteiger partial charge >= 0.3 is 0 Å². The van der Waals surface area contributed by atoms with E-state index in [0.717, 1.165) is 11.1 Å². The van der Waals surface area contributed by atoms with Crippen LogP contribution in [0.5, 0.6) is 0 Å². The molecule has 0 radical (unpaired) electrons. The van der Waals surface area contributed by atoms with E-state index in [2.05, 4.69) is 5.32 Å². The van der Waals surface area contributed by atoms with E-state index in [1.54, 1.807) is 42.5 Å². The molecule has 0 aliphatic heterocycles. The predicted molar refractivity (Wildman–Crippen MR) is 125 cm³/mol. The van der Waals surface area contributed by atoms with Gasteiger partial charge in [0.25, 0.3) is 10.0 Å². The first-order valence-corrected chi connectivity index (χ1v) is 11.8. The van der Waals surface area contributed by atoms with Crippen molar-refractivity contribution in [2.75, 3.05) is 17.4 Å². The lowest BCUT2D eigenvalue weighted by Crippen LogP contribution is -2.42. The second-order valence-corrected chi connectivity index (χ2v) is 9.29. The number of hydrogen-bond acceptors (Lipinski definition) is 3. The molecule has 0 spiro atoms. The molecule has 0 fully saturated rings. The van der Waals surface area contributed by atoms with Crippen LogP contribution in [0, 0.1) is 0 Å². The van der Waals surface area contributed by atoms with E-state index in [-0.39, 0.29) is 23.3 Å². The zero-order chi connectivity index (χ0) is 22.3. The monoisotopic (exact) mass is 436 g/mol. The Labute approximate surface area is 184 Å². The van der Waals surface area contributed by atoms with Crippen LogP contribution in [0.15, 0.2) is 89.8 Å². The quantitative estimate of drug-likeness (QED) is 0.542. The van der Waals surface area contributed by atoms with Crippen molar-refractivity contribution in [3.8, 4) is 0 Å². The molecule has 3 rings (SSSR count). The molecule has 0 saturated carbocycles. The van der Waals surface area contributed by atoms with Crippen molar-refractivity contribution >= 4 is 21.6 Å². The number of rotatable bonds is 9. The summed E-state index contributed by atoms with van der Waals surface area (Å²) in [6.07, 6.45) is 0.656. The van der Waals surface area contributed by atoms with E-state index >= 15 is 0 Å². The Morgan fingerprint density at radius 3 is 2.13 bits per heavy atom. The Balaban J connectivity index is 1.84. The number of carbonyl (C=O) groups excluding carboxylic acids is 1. The van der Waals surface area contributed by atoms with Gasteiger partial charge in [0.05, 0.1) is 10.6 Å². The van der Waals surface area contributed by atoms with Gasteiger partial charge < -0.3 is 5.32 Å². The Morgan fingerprint density at radius 2 is 1.48 bits per heavy atom. The number of anilines is 1. The molecule has 1 atom stereocenters. The fourth-order valence-corrected chi connectivity index (χ4v) is 4.90. The summed E-state index contributed by atoms with van der Waals surface area (Å²) in [6.45, 7) is 4.14. The van der Waals surface area contributed by atoms with E-state index in [1.165, 1.54) is 4.31 Å². The molecule has 3 aromatic carbocycles. The molecule has 1 amide bonds. The van der Waals surface area contributed by atoms with Crippen LogP contribution in [-0.4, -0.2) is 27.4 Å². The summed E-state index contributed by atoms with van der Waals surface area (Å²) >= 11 is 0. The Kier molecular flexibility index (Phi) is 7.47. The van der Waals surface area contributed by atoms with Crippen molar-refractivity contribution in [3.63, 3.8) is 0 Å². The second-order valence-electron chi connectivity index (χ2n) is 7.42. The maximum absolute atomic E-state index is 13.4. The molecule has 0 heterocycles. The van der Waals surface area contributed by atoms with Gasteiger partial charge in [0.2, 0.25) is 5.91 Å². The zero-order valence-corrected chi connectivity index (χ0v) is 18.7. The van der Waals surface area contributed by atoms with Crippen molar-refractivity contribution < 1.29 is 13.2 Å². The highest BCUT2D eigenvalue weighted by Gasteiger charge is 2.28. The average molecular weight is 437 g/mol. The molecule has 162 valence electrons. The average Bonchev–Trinajstić information content (AvgIpc) is 2.82. The second kappa shape index (κ2) is 10.3. The van der Waals surface area contributed by atoms with E-state index in [0.29, 0.717) is 18.7 Å². The fraction of sp³-hybridized carbons (Fsp3) is 0.240. The third kappa shape index (κ3) is 5.52. The summed E-state index contributed by atoms with van der Waals surface area (Å²) in [7, 11) is -3.90. The maximum Gasteiger partial charge on any atom is 0.264 e. The third-order valence-corrected chi connectivity index (χ3v) is 7.01. The Bertz CT molecular complexity index is 1100. The van der Waals surface area contributed by atoms with Gasteiger partial charge in [-0.25, -0.2) is 8.42 Å². The van der Waals surface area contributed by atoms with Gasteiger partial charge in [-0.3, -0.25) is 9.10 Å².